The largest absolute Gasteiger partial charge is 0.506 e. The molecule has 4 nitrogen and oxygen atoms in total. The molecule has 0 amide bonds. The maximum Gasteiger partial charge on any atom is 0.310 e. The SMILES string of the molecule is O=C(O)C1(CNCc2cccc(O)c2Cl)CCC1. The summed E-state index contributed by atoms with van der Waals surface area (Å²) in [7, 11) is 0. The summed E-state index contributed by atoms with van der Waals surface area (Å²) in [4.78, 5) is 11.2. The molecule has 2 rings (SSSR count). The molecule has 0 unspecified atom stereocenters. The molecular weight excluding hydrogens is 254 g/mol. The fraction of sp³-hybridized carbons (Fsp3) is 0.462. The van der Waals surface area contributed by atoms with Gasteiger partial charge in [-0.05, 0) is 24.5 Å². The Morgan fingerprint density at radius 3 is 2.72 bits per heavy atom. The summed E-state index contributed by atoms with van der Waals surface area (Å²) >= 11 is 5.95. The smallest absolute Gasteiger partial charge is 0.310 e. The third kappa shape index (κ3) is 2.44. The van der Waals surface area contributed by atoms with Gasteiger partial charge in [-0.25, -0.2) is 0 Å². The number of rotatable bonds is 5. The van der Waals surface area contributed by atoms with E-state index in [1.807, 2.05) is 6.07 Å². The summed E-state index contributed by atoms with van der Waals surface area (Å²) in [6, 6.07) is 5.05. The summed E-state index contributed by atoms with van der Waals surface area (Å²) in [5.74, 6) is -0.684. The summed E-state index contributed by atoms with van der Waals surface area (Å²) in [5, 5.41) is 22.1. The van der Waals surface area contributed by atoms with Crippen molar-refractivity contribution in [2.24, 2.45) is 5.41 Å². The Morgan fingerprint density at radius 2 is 2.17 bits per heavy atom. The van der Waals surface area contributed by atoms with Crippen molar-refractivity contribution in [2.75, 3.05) is 6.54 Å². The van der Waals surface area contributed by atoms with Crippen molar-refractivity contribution in [1.82, 2.24) is 5.32 Å². The molecule has 1 aliphatic carbocycles. The summed E-state index contributed by atoms with van der Waals surface area (Å²) in [6.07, 6.45) is 2.42. The van der Waals surface area contributed by atoms with Gasteiger partial charge in [-0.3, -0.25) is 4.79 Å². The molecule has 0 saturated heterocycles. The molecule has 98 valence electrons. The van der Waals surface area contributed by atoms with Crippen molar-refractivity contribution in [2.45, 2.75) is 25.8 Å². The van der Waals surface area contributed by atoms with Gasteiger partial charge in [-0.15, -0.1) is 0 Å². The van der Waals surface area contributed by atoms with E-state index in [2.05, 4.69) is 5.32 Å². The Hall–Kier alpha value is -1.26. The van der Waals surface area contributed by atoms with Crippen LogP contribution in [0.25, 0.3) is 0 Å². The van der Waals surface area contributed by atoms with Crippen LogP contribution in [0.2, 0.25) is 5.02 Å². The number of nitrogens with one attached hydrogen (secondary N) is 1. The Labute approximate surface area is 111 Å². The first kappa shape index (κ1) is 13.2. The van der Waals surface area contributed by atoms with E-state index in [-0.39, 0.29) is 5.75 Å². The van der Waals surface area contributed by atoms with Crippen molar-refractivity contribution in [1.29, 1.82) is 0 Å². The summed E-state index contributed by atoms with van der Waals surface area (Å²) in [5.41, 5.74) is 0.167. The molecule has 18 heavy (non-hydrogen) atoms. The van der Waals surface area contributed by atoms with E-state index >= 15 is 0 Å². The lowest BCUT2D eigenvalue weighted by atomic mass is 9.69. The predicted octanol–water partition coefficient (Wildman–Crippen LogP) is 2.39. The van der Waals surface area contributed by atoms with Gasteiger partial charge in [0.15, 0.2) is 0 Å². The normalized spacial score (nSPS) is 17.2. The first-order valence-electron chi connectivity index (χ1n) is 5.96. The molecule has 0 bridgehead atoms. The fourth-order valence-corrected chi connectivity index (χ4v) is 2.40. The van der Waals surface area contributed by atoms with Gasteiger partial charge < -0.3 is 15.5 Å². The number of hydrogen-bond acceptors (Lipinski definition) is 3. The lowest BCUT2D eigenvalue weighted by Crippen LogP contribution is -2.46. The van der Waals surface area contributed by atoms with E-state index in [0.717, 1.165) is 24.8 Å². The Morgan fingerprint density at radius 1 is 1.44 bits per heavy atom. The average molecular weight is 270 g/mol. The molecule has 1 aromatic rings. The van der Waals surface area contributed by atoms with Gasteiger partial charge in [0.25, 0.3) is 0 Å². The zero-order chi connectivity index (χ0) is 13.2. The van der Waals surface area contributed by atoms with Crippen LogP contribution in [-0.2, 0) is 11.3 Å². The minimum atomic E-state index is -0.733. The van der Waals surface area contributed by atoms with Gasteiger partial charge in [-0.2, -0.15) is 0 Å². The minimum Gasteiger partial charge on any atom is -0.506 e. The average Bonchev–Trinajstić information content (AvgIpc) is 2.27. The van der Waals surface area contributed by atoms with E-state index in [9.17, 15) is 15.0 Å². The first-order valence-corrected chi connectivity index (χ1v) is 6.33. The number of phenols is 1. The van der Waals surface area contributed by atoms with E-state index in [4.69, 9.17) is 11.6 Å². The number of carbonyl (C=O) groups is 1. The quantitative estimate of drug-likeness (QED) is 0.768. The van der Waals surface area contributed by atoms with Crippen LogP contribution < -0.4 is 5.32 Å². The third-order valence-electron chi connectivity index (χ3n) is 3.60. The second-order valence-corrected chi connectivity index (χ2v) is 5.17. The molecule has 3 N–H and O–H groups in total. The number of carboxylic acids is 1. The van der Waals surface area contributed by atoms with Crippen molar-refractivity contribution in [3.63, 3.8) is 0 Å². The molecule has 1 aliphatic rings. The molecule has 1 saturated carbocycles. The Balaban J connectivity index is 1.92. The van der Waals surface area contributed by atoms with Crippen LogP contribution in [0.15, 0.2) is 18.2 Å². The zero-order valence-corrected chi connectivity index (χ0v) is 10.7. The van der Waals surface area contributed by atoms with Crippen LogP contribution in [0, 0.1) is 5.41 Å². The highest BCUT2D eigenvalue weighted by Crippen LogP contribution is 2.40. The molecule has 0 radical (unpaired) electrons. The molecule has 0 aromatic heterocycles. The highest BCUT2D eigenvalue weighted by molar-refractivity contribution is 6.32. The van der Waals surface area contributed by atoms with Crippen molar-refractivity contribution >= 4 is 17.6 Å². The van der Waals surface area contributed by atoms with Crippen LogP contribution in [0.3, 0.4) is 0 Å². The van der Waals surface area contributed by atoms with E-state index in [1.54, 1.807) is 6.07 Å². The molecule has 1 fully saturated rings. The maximum absolute atomic E-state index is 11.2. The highest BCUT2D eigenvalue weighted by atomic mass is 35.5. The standard InChI is InChI=1S/C13H16ClNO3/c14-11-9(3-1-4-10(11)16)7-15-8-13(12(17)18)5-2-6-13/h1,3-4,15-16H,2,5-8H2,(H,17,18). The number of phenolic OH excluding ortho intramolecular Hbond substituents is 1. The topological polar surface area (TPSA) is 69.6 Å². The number of hydrogen-bond donors (Lipinski definition) is 3. The van der Waals surface area contributed by atoms with Gasteiger partial charge in [0.1, 0.15) is 5.75 Å². The zero-order valence-electron chi connectivity index (χ0n) is 9.95. The van der Waals surface area contributed by atoms with Gasteiger partial charge >= 0.3 is 5.97 Å². The van der Waals surface area contributed by atoms with Gasteiger partial charge in [-0.1, -0.05) is 30.2 Å². The lowest BCUT2D eigenvalue weighted by Gasteiger charge is -2.37. The van der Waals surface area contributed by atoms with Gasteiger partial charge in [0, 0.05) is 13.1 Å². The Bertz CT molecular complexity index is 458. The molecule has 0 heterocycles. The molecular formula is C13H16ClNO3. The van der Waals surface area contributed by atoms with Crippen LogP contribution in [0.4, 0.5) is 0 Å². The summed E-state index contributed by atoms with van der Waals surface area (Å²) in [6.45, 7) is 0.899. The van der Waals surface area contributed by atoms with Crippen LogP contribution in [-0.4, -0.2) is 22.7 Å². The number of benzene rings is 1. The number of aromatic hydroxyl groups is 1. The fourth-order valence-electron chi connectivity index (χ4n) is 2.21. The molecule has 0 atom stereocenters. The third-order valence-corrected chi connectivity index (χ3v) is 4.04. The minimum absolute atomic E-state index is 0.0487. The van der Waals surface area contributed by atoms with E-state index in [1.165, 1.54) is 6.07 Å². The second-order valence-electron chi connectivity index (χ2n) is 4.79. The van der Waals surface area contributed by atoms with Crippen molar-refractivity contribution in [3.05, 3.63) is 28.8 Å². The number of aliphatic carboxylic acids is 1. The van der Waals surface area contributed by atoms with Gasteiger partial charge in [0.05, 0.1) is 10.4 Å². The number of carboxylic acid groups (broad SMARTS) is 1. The van der Waals surface area contributed by atoms with Gasteiger partial charge in [0.2, 0.25) is 0 Å². The molecule has 1 aromatic carbocycles. The lowest BCUT2D eigenvalue weighted by molar-refractivity contribution is -0.154. The van der Waals surface area contributed by atoms with Crippen LogP contribution in [0.1, 0.15) is 24.8 Å². The second kappa shape index (κ2) is 5.16. The monoisotopic (exact) mass is 269 g/mol. The van der Waals surface area contributed by atoms with Crippen molar-refractivity contribution < 1.29 is 15.0 Å². The van der Waals surface area contributed by atoms with Crippen molar-refractivity contribution in [3.8, 4) is 5.75 Å². The molecule has 0 spiro atoms. The maximum atomic E-state index is 11.2. The van der Waals surface area contributed by atoms with E-state index in [0.29, 0.717) is 18.1 Å². The Kier molecular flexibility index (Phi) is 3.78. The highest BCUT2D eigenvalue weighted by Gasteiger charge is 2.43. The van der Waals surface area contributed by atoms with Crippen LogP contribution in [0.5, 0.6) is 5.75 Å². The van der Waals surface area contributed by atoms with Crippen LogP contribution >= 0.6 is 11.6 Å². The predicted molar refractivity (Wildman–Crippen MR) is 68.7 cm³/mol. The molecule has 5 heteroatoms. The first-order chi connectivity index (χ1) is 8.55. The molecule has 0 aliphatic heterocycles. The number of halogens is 1. The summed E-state index contributed by atoms with van der Waals surface area (Å²) < 4.78 is 0. The van der Waals surface area contributed by atoms with E-state index < -0.39 is 11.4 Å².